The maximum atomic E-state index is 11.4. The Morgan fingerprint density at radius 1 is 0.366 bits per heavy atom. The molecule has 0 saturated carbocycles. The van der Waals surface area contributed by atoms with Gasteiger partial charge in [-0.3, -0.25) is 14.4 Å². The van der Waals surface area contributed by atoms with Crippen LogP contribution in [0.5, 0.6) is 0 Å². The average Bonchev–Trinajstić information content (AvgIpc) is 2.64. The Labute approximate surface area is 237 Å². The summed E-state index contributed by atoms with van der Waals surface area (Å²) in [5, 5.41) is 23.8. The van der Waals surface area contributed by atoms with E-state index in [0.29, 0.717) is 0 Å². The molecule has 0 fully saturated rings. The minimum Gasteiger partial charge on any atom is -0.504 e. The molecule has 0 aromatic heterocycles. The molecule has 0 aliphatic carbocycles. The number of halogens is 18. The molecule has 26 heteroatoms. The Morgan fingerprint density at radius 3 is 0.561 bits per heavy atom. The van der Waals surface area contributed by atoms with E-state index in [1.165, 1.54) is 0 Å². The monoisotopic (exact) mass is 731 g/mol. The molecule has 0 rings (SSSR count). The fourth-order valence-corrected chi connectivity index (χ4v) is 0.864. The fraction of sp³-hybridized carbons (Fsp3) is 0.400. The summed E-state index contributed by atoms with van der Waals surface area (Å²) in [6.07, 6.45) is -35.0. The van der Waals surface area contributed by atoms with Gasteiger partial charge in [0.05, 0.1) is 0 Å². The van der Waals surface area contributed by atoms with Gasteiger partial charge in [0.25, 0.3) is 17.3 Å². The van der Waals surface area contributed by atoms with Gasteiger partial charge in [-0.2, -0.15) is 79.0 Å². The summed E-state index contributed by atoms with van der Waals surface area (Å²) in [4.78, 5) is 29.6. The summed E-state index contributed by atoms with van der Waals surface area (Å²) in [6, 6.07) is 0. The number of carbonyl (C=O) groups excluding carboxylic acids is 3. The van der Waals surface area contributed by atoms with Gasteiger partial charge in [-0.05, 0) is 0 Å². The van der Waals surface area contributed by atoms with Crippen LogP contribution in [0.4, 0.5) is 79.0 Å². The Morgan fingerprint density at radius 2 is 0.488 bits per heavy atom. The maximum absolute atomic E-state index is 11.4. The van der Waals surface area contributed by atoms with Gasteiger partial charge >= 0.3 is 37.1 Å². The number of rotatable bonds is 3. The number of hydrogen-bond donors (Lipinski definition) is 3. The largest absolute Gasteiger partial charge is 0.504 e. The zero-order chi connectivity index (χ0) is 32.6. The van der Waals surface area contributed by atoms with Gasteiger partial charge in [-0.25, -0.2) is 0 Å². The number of alkyl halides is 18. The molecule has 0 saturated heterocycles. The fourth-order valence-electron chi connectivity index (χ4n) is 0.864. The average molecular weight is 731 g/mol. The molecule has 239 valence electrons. The predicted octanol–water partition coefficient (Wildman–Crippen LogP) is 5.54. The molecule has 0 atom stereocenters. The number of ketones is 3. The van der Waals surface area contributed by atoms with E-state index < -0.39 is 89.9 Å². The molecule has 5 N–H and O–H groups in total. The van der Waals surface area contributed by atoms with Crippen LogP contribution in [0.25, 0.3) is 0 Å². The molecular weight excluding hydrogens is 723 g/mol. The van der Waals surface area contributed by atoms with Gasteiger partial charge in [0.15, 0.2) is 0 Å². The SMILES string of the molecule is O.O=C(/C=C(/O)C(F)(F)F)C(F)(F)F.O=C(/C=C(\O)C(F)(F)F)C(F)(F)F.O=C(/C=C(\O)C(F)(F)F)C(F)(F)F.[Y]. The van der Waals surface area contributed by atoms with E-state index in [4.69, 9.17) is 15.3 Å². The van der Waals surface area contributed by atoms with E-state index >= 15 is 0 Å². The zero-order valence-corrected chi connectivity index (χ0v) is 21.0. The molecule has 41 heavy (non-hydrogen) atoms. The second-order valence-corrected chi connectivity index (χ2v) is 5.67. The van der Waals surface area contributed by atoms with Crippen LogP contribution < -0.4 is 0 Å². The summed E-state index contributed by atoms with van der Waals surface area (Å²) >= 11 is 0. The van der Waals surface area contributed by atoms with Crippen LogP contribution in [0.15, 0.2) is 35.5 Å². The van der Waals surface area contributed by atoms with E-state index in [2.05, 4.69) is 0 Å². The number of aliphatic hydroxyl groups is 3. The Hall–Kier alpha value is -2.57. The van der Waals surface area contributed by atoms with Crippen molar-refractivity contribution in [2.45, 2.75) is 37.1 Å². The predicted molar refractivity (Wildman–Crippen MR) is 87.1 cm³/mol. The standard InChI is InChI=1S/3C5H2F6O2.H2O.Y/c3*6-4(7,8)2(12)1-3(13)5(9,10)11;;/h3*1,12H;1H2;/b2-1+;2*2-1-;;. The number of allylic oxidation sites excluding steroid dienone is 6. The molecule has 1 radical (unpaired) electrons. The topological polar surface area (TPSA) is 143 Å². The first-order valence-corrected chi connectivity index (χ1v) is 7.92. The molecule has 0 heterocycles. The smallest absolute Gasteiger partial charge is 0.454 e. The van der Waals surface area contributed by atoms with Crippen molar-refractivity contribution in [3.8, 4) is 0 Å². The van der Waals surface area contributed by atoms with Crippen molar-refractivity contribution in [3.05, 3.63) is 35.5 Å². The molecule has 0 bridgehead atoms. The first-order valence-electron chi connectivity index (χ1n) is 7.92. The summed E-state index contributed by atoms with van der Waals surface area (Å²) in [5.41, 5.74) is 0. The van der Waals surface area contributed by atoms with E-state index in [1.54, 1.807) is 0 Å². The zero-order valence-electron chi connectivity index (χ0n) is 18.2. The normalized spacial score (nSPS) is 13.8. The van der Waals surface area contributed by atoms with Gasteiger partial charge in [-0.15, -0.1) is 0 Å². The van der Waals surface area contributed by atoms with Crippen LogP contribution >= 0.6 is 0 Å². The molecule has 0 amide bonds. The van der Waals surface area contributed by atoms with Crippen molar-refractivity contribution in [3.63, 3.8) is 0 Å². The maximum Gasteiger partial charge on any atom is 0.454 e. The van der Waals surface area contributed by atoms with E-state index in [0.717, 1.165) is 0 Å². The van der Waals surface area contributed by atoms with Gasteiger partial charge in [0, 0.05) is 50.9 Å². The second-order valence-electron chi connectivity index (χ2n) is 5.67. The minimum absolute atomic E-state index is 0. The van der Waals surface area contributed by atoms with Crippen LogP contribution in [-0.4, -0.2) is 75.2 Å². The molecule has 0 aliphatic rings. The molecule has 0 aliphatic heterocycles. The Balaban J connectivity index is -0.000000154. The third kappa shape index (κ3) is 22.8. The first kappa shape index (κ1) is 48.2. The summed E-state index contributed by atoms with van der Waals surface area (Å²) < 4.78 is 204. The molecular formula is C15H8F18O7Y. The Kier molecular flexibility index (Phi) is 19.7. The van der Waals surface area contributed by atoms with Crippen LogP contribution in [-0.2, 0) is 47.1 Å². The second kappa shape index (κ2) is 16.8. The minimum atomic E-state index is -5.42. The summed E-state index contributed by atoms with van der Waals surface area (Å²) in [7, 11) is 0. The third-order valence-corrected chi connectivity index (χ3v) is 2.51. The molecule has 0 aromatic rings. The van der Waals surface area contributed by atoms with Crippen LogP contribution in [0.3, 0.4) is 0 Å². The van der Waals surface area contributed by atoms with Crippen LogP contribution in [0.2, 0.25) is 0 Å². The van der Waals surface area contributed by atoms with Gasteiger partial charge in [0.2, 0.25) is 17.3 Å². The van der Waals surface area contributed by atoms with Crippen molar-refractivity contribution in [2.75, 3.05) is 0 Å². The van der Waals surface area contributed by atoms with Crippen molar-refractivity contribution in [1.29, 1.82) is 0 Å². The van der Waals surface area contributed by atoms with E-state index in [9.17, 15) is 93.4 Å². The van der Waals surface area contributed by atoms with Crippen molar-refractivity contribution in [1.82, 2.24) is 0 Å². The first-order chi connectivity index (χ1) is 16.6. The van der Waals surface area contributed by atoms with Gasteiger partial charge in [0.1, 0.15) is 0 Å². The molecule has 0 aromatic carbocycles. The van der Waals surface area contributed by atoms with E-state index in [-0.39, 0.29) is 38.2 Å². The summed E-state index contributed by atoms with van der Waals surface area (Å²) in [5.74, 6) is -16.0. The number of aliphatic hydroxyl groups excluding tert-OH is 3. The van der Waals surface area contributed by atoms with Gasteiger partial charge in [-0.1, -0.05) is 0 Å². The number of hydrogen-bond acceptors (Lipinski definition) is 6. The molecule has 0 spiro atoms. The van der Waals surface area contributed by atoms with Crippen molar-refractivity contribution >= 4 is 17.3 Å². The number of carbonyl (C=O) groups is 3. The molecule has 0 unspecified atom stereocenters. The summed E-state index contributed by atoms with van der Waals surface area (Å²) in [6.45, 7) is 0. The van der Waals surface area contributed by atoms with Crippen molar-refractivity contribution < 1.29 is 147 Å². The van der Waals surface area contributed by atoms with Crippen molar-refractivity contribution in [2.24, 2.45) is 0 Å². The van der Waals surface area contributed by atoms with Gasteiger partial charge < -0.3 is 20.8 Å². The Bertz CT molecular complexity index is 836. The quantitative estimate of drug-likeness (QED) is 0.198. The van der Waals surface area contributed by atoms with Crippen LogP contribution in [0.1, 0.15) is 0 Å². The van der Waals surface area contributed by atoms with E-state index in [1.807, 2.05) is 0 Å². The van der Waals surface area contributed by atoms with Crippen LogP contribution in [0, 0.1) is 0 Å². The molecule has 7 nitrogen and oxygen atoms in total. The third-order valence-electron chi connectivity index (χ3n) is 2.51.